The van der Waals surface area contributed by atoms with Crippen LogP contribution in [0.2, 0.25) is 0 Å². The molecule has 146 valence electrons. The Morgan fingerprint density at radius 3 is 2.71 bits per heavy atom. The van der Waals surface area contributed by atoms with Crippen molar-refractivity contribution < 1.29 is 23.4 Å². The normalized spacial score (nSPS) is 11.4. The summed E-state index contributed by atoms with van der Waals surface area (Å²) in [7, 11) is 0. The first-order valence-electron chi connectivity index (χ1n) is 8.48. The van der Waals surface area contributed by atoms with E-state index in [9.17, 15) is 18.7 Å². The van der Waals surface area contributed by atoms with Gasteiger partial charge in [0, 0.05) is 31.4 Å². The maximum absolute atomic E-state index is 13.0. The van der Waals surface area contributed by atoms with Crippen molar-refractivity contribution in [2.45, 2.75) is 26.2 Å². The van der Waals surface area contributed by atoms with Crippen LogP contribution in [0.25, 0.3) is 16.8 Å². The van der Waals surface area contributed by atoms with Gasteiger partial charge in [-0.2, -0.15) is 8.78 Å². The van der Waals surface area contributed by atoms with E-state index in [-0.39, 0.29) is 24.8 Å². The summed E-state index contributed by atoms with van der Waals surface area (Å²) >= 11 is 0. The van der Waals surface area contributed by atoms with Gasteiger partial charge in [-0.25, -0.2) is 4.98 Å². The van der Waals surface area contributed by atoms with Crippen molar-refractivity contribution in [3.63, 3.8) is 0 Å². The van der Waals surface area contributed by atoms with Crippen molar-refractivity contribution in [3.8, 4) is 16.9 Å². The van der Waals surface area contributed by atoms with Crippen molar-refractivity contribution >= 4 is 11.6 Å². The predicted molar refractivity (Wildman–Crippen MR) is 99.8 cm³/mol. The molecule has 0 aliphatic heterocycles. The van der Waals surface area contributed by atoms with Crippen LogP contribution in [0.5, 0.6) is 5.75 Å². The van der Waals surface area contributed by atoms with Crippen LogP contribution in [0.4, 0.5) is 8.78 Å². The first-order valence-corrected chi connectivity index (χ1v) is 8.48. The molecule has 3 aromatic rings. The lowest BCUT2D eigenvalue weighted by molar-refractivity contribution is -0.158. The molecule has 0 radical (unpaired) electrons. The number of alkyl halides is 2. The van der Waals surface area contributed by atoms with E-state index in [0.29, 0.717) is 23.8 Å². The number of hydrogen-bond donors (Lipinski definition) is 2. The molecule has 0 saturated carbocycles. The molecule has 0 aliphatic carbocycles. The number of hydrogen-bond acceptors (Lipinski definition) is 4. The van der Waals surface area contributed by atoms with E-state index in [1.807, 2.05) is 6.07 Å². The SMILES string of the molecule is C=CC(=O)NCc1cc(-c2ccc(OC(C)(F)F)cc2)c2nccn2c1CO. The van der Waals surface area contributed by atoms with Gasteiger partial charge in [0.05, 0.1) is 12.3 Å². The molecule has 1 aromatic carbocycles. The second kappa shape index (κ2) is 7.77. The highest BCUT2D eigenvalue weighted by Gasteiger charge is 2.23. The lowest BCUT2D eigenvalue weighted by Crippen LogP contribution is -2.21. The smallest absolute Gasteiger partial charge is 0.394 e. The van der Waals surface area contributed by atoms with Crippen LogP contribution in [0.1, 0.15) is 18.2 Å². The summed E-state index contributed by atoms with van der Waals surface area (Å²) in [6.45, 7) is 4.03. The number of fused-ring (bicyclic) bond motifs is 1. The molecule has 2 aromatic heterocycles. The summed E-state index contributed by atoms with van der Waals surface area (Å²) in [5.74, 6) is -0.292. The molecule has 2 heterocycles. The number of nitrogens with zero attached hydrogens (tertiary/aromatic N) is 2. The lowest BCUT2D eigenvalue weighted by atomic mass is 10.0. The summed E-state index contributed by atoms with van der Waals surface area (Å²) in [6, 6.07) is 8.00. The number of rotatable bonds is 7. The third-order valence-electron chi connectivity index (χ3n) is 4.11. The Hall–Kier alpha value is -3.26. The number of ether oxygens (including phenoxy) is 1. The van der Waals surface area contributed by atoms with E-state index in [1.165, 1.54) is 12.1 Å². The highest BCUT2D eigenvalue weighted by Crippen LogP contribution is 2.30. The average molecular weight is 387 g/mol. The van der Waals surface area contributed by atoms with Gasteiger partial charge in [-0.1, -0.05) is 18.7 Å². The number of benzene rings is 1. The summed E-state index contributed by atoms with van der Waals surface area (Å²) < 4.78 is 32.3. The second-order valence-corrected chi connectivity index (χ2v) is 6.17. The average Bonchev–Trinajstić information content (AvgIpc) is 3.14. The fraction of sp³-hybridized carbons (Fsp3) is 0.200. The molecule has 0 aliphatic rings. The van der Waals surface area contributed by atoms with E-state index < -0.39 is 6.11 Å². The van der Waals surface area contributed by atoms with Gasteiger partial charge in [0.2, 0.25) is 5.91 Å². The Kier molecular flexibility index (Phi) is 5.41. The molecule has 0 bridgehead atoms. The molecule has 6 nitrogen and oxygen atoms in total. The van der Waals surface area contributed by atoms with Gasteiger partial charge in [0.15, 0.2) is 0 Å². The van der Waals surface area contributed by atoms with Crippen LogP contribution in [-0.4, -0.2) is 26.5 Å². The summed E-state index contributed by atoms with van der Waals surface area (Å²) in [6.07, 6.45) is 1.20. The Bertz CT molecular complexity index is 1010. The Balaban J connectivity index is 2.04. The van der Waals surface area contributed by atoms with Crippen LogP contribution in [0, 0.1) is 0 Å². The first kappa shape index (κ1) is 19.5. The van der Waals surface area contributed by atoms with Crippen LogP contribution < -0.4 is 10.1 Å². The van der Waals surface area contributed by atoms with Gasteiger partial charge in [0.25, 0.3) is 0 Å². The maximum atomic E-state index is 13.0. The van der Waals surface area contributed by atoms with Gasteiger partial charge in [0.1, 0.15) is 11.4 Å². The number of carbonyl (C=O) groups excluding carboxylic acids is 1. The van der Waals surface area contributed by atoms with Crippen LogP contribution >= 0.6 is 0 Å². The molecule has 0 saturated heterocycles. The molecule has 3 rings (SSSR count). The fourth-order valence-corrected chi connectivity index (χ4v) is 2.90. The zero-order valence-corrected chi connectivity index (χ0v) is 15.2. The molecule has 0 spiro atoms. The van der Waals surface area contributed by atoms with Gasteiger partial charge >= 0.3 is 6.11 Å². The van der Waals surface area contributed by atoms with Crippen molar-refractivity contribution in [3.05, 3.63) is 66.6 Å². The lowest BCUT2D eigenvalue weighted by Gasteiger charge is -2.16. The van der Waals surface area contributed by atoms with Crippen LogP contribution in [0.15, 0.2) is 55.4 Å². The van der Waals surface area contributed by atoms with Gasteiger partial charge in [-0.15, -0.1) is 0 Å². The van der Waals surface area contributed by atoms with Crippen LogP contribution in [0.3, 0.4) is 0 Å². The van der Waals surface area contributed by atoms with E-state index in [2.05, 4.69) is 21.6 Å². The van der Waals surface area contributed by atoms with Crippen molar-refractivity contribution in [2.24, 2.45) is 0 Å². The highest BCUT2D eigenvalue weighted by atomic mass is 19.3. The number of aliphatic hydroxyl groups is 1. The minimum absolute atomic E-state index is 0.0426. The molecular formula is C20H19F2N3O3. The molecule has 2 N–H and O–H groups in total. The number of aromatic nitrogens is 2. The number of aliphatic hydroxyl groups excluding tert-OH is 1. The largest absolute Gasteiger partial charge is 0.433 e. The summed E-state index contributed by atoms with van der Waals surface area (Å²) in [5.41, 5.74) is 3.32. The fourth-order valence-electron chi connectivity index (χ4n) is 2.90. The number of amides is 1. The van der Waals surface area contributed by atoms with Gasteiger partial charge in [-0.05, 0) is 35.4 Å². The molecule has 8 heteroatoms. The van der Waals surface area contributed by atoms with E-state index in [4.69, 9.17) is 0 Å². The number of imidazole rings is 1. The quantitative estimate of drug-likeness (QED) is 0.610. The molecular weight excluding hydrogens is 368 g/mol. The maximum Gasteiger partial charge on any atom is 0.394 e. The molecule has 0 fully saturated rings. The second-order valence-electron chi connectivity index (χ2n) is 6.17. The zero-order valence-electron chi connectivity index (χ0n) is 15.2. The van der Waals surface area contributed by atoms with Crippen LogP contribution in [-0.2, 0) is 17.9 Å². The molecule has 0 atom stereocenters. The third kappa shape index (κ3) is 4.17. The number of carbonyl (C=O) groups is 1. The number of nitrogens with one attached hydrogen (secondary N) is 1. The minimum atomic E-state index is -3.27. The zero-order chi connectivity index (χ0) is 20.3. The van der Waals surface area contributed by atoms with Crippen molar-refractivity contribution in [1.29, 1.82) is 0 Å². The Labute approximate surface area is 160 Å². The topological polar surface area (TPSA) is 75.9 Å². The molecule has 28 heavy (non-hydrogen) atoms. The summed E-state index contributed by atoms with van der Waals surface area (Å²) in [4.78, 5) is 15.9. The standard InChI is InChI=1S/C20H19F2N3O3/c1-3-18(27)24-11-14-10-16(19-23-8-9-25(19)17(14)12-26)13-4-6-15(7-5-13)28-20(2,21)22/h3-10,26H,1,11-12H2,2H3,(H,24,27). The van der Waals surface area contributed by atoms with Gasteiger partial charge < -0.3 is 19.6 Å². The van der Waals surface area contributed by atoms with E-state index >= 15 is 0 Å². The van der Waals surface area contributed by atoms with Crippen molar-refractivity contribution in [1.82, 2.24) is 14.7 Å². The van der Waals surface area contributed by atoms with E-state index in [0.717, 1.165) is 17.2 Å². The van der Waals surface area contributed by atoms with E-state index in [1.54, 1.807) is 28.9 Å². The van der Waals surface area contributed by atoms with Crippen molar-refractivity contribution in [2.75, 3.05) is 0 Å². The molecule has 1 amide bonds. The minimum Gasteiger partial charge on any atom is -0.433 e. The first-order chi connectivity index (χ1) is 13.3. The predicted octanol–water partition coefficient (Wildman–Crippen LogP) is 3.29. The Morgan fingerprint density at radius 2 is 2.11 bits per heavy atom. The Morgan fingerprint density at radius 1 is 1.39 bits per heavy atom. The van der Waals surface area contributed by atoms with Gasteiger partial charge in [-0.3, -0.25) is 4.79 Å². The highest BCUT2D eigenvalue weighted by molar-refractivity contribution is 5.87. The molecule has 0 unspecified atom stereocenters. The monoisotopic (exact) mass is 387 g/mol. The number of pyridine rings is 1. The number of halogens is 2. The third-order valence-corrected chi connectivity index (χ3v) is 4.11. The summed E-state index contributed by atoms with van der Waals surface area (Å²) in [5, 5.41) is 12.5.